The molecule has 1 N–H and O–H groups in total. The highest BCUT2D eigenvalue weighted by molar-refractivity contribution is 7.92. The average Bonchev–Trinajstić information content (AvgIpc) is 2.44. The van der Waals surface area contributed by atoms with Crippen LogP contribution in [0.4, 0.5) is 10.1 Å². The summed E-state index contributed by atoms with van der Waals surface area (Å²) in [5.41, 5.74) is 0.108. The second-order valence-electron chi connectivity index (χ2n) is 4.40. The van der Waals surface area contributed by atoms with E-state index in [9.17, 15) is 12.8 Å². The normalized spacial score (nSPS) is 11.2. The first-order valence-corrected chi connectivity index (χ1v) is 8.41. The van der Waals surface area contributed by atoms with Gasteiger partial charge in [-0.3, -0.25) is 4.72 Å². The van der Waals surface area contributed by atoms with Crippen LogP contribution >= 0.6 is 23.2 Å². The minimum atomic E-state index is -4.21. The van der Waals surface area contributed by atoms with Gasteiger partial charge in [0.1, 0.15) is 10.7 Å². The van der Waals surface area contributed by atoms with Gasteiger partial charge in [-0.05, 0) is 18.2 Å². The monoisotopic (exact) mass is 379 g/mol. The highest BCUT2D eigenvalue weighted by Crippen LogP contribution is 2.33. The smallest absolute Gasteiger partial charge is 0.264 e. The molecular formula is C14H12Cl2FNO4S. The first-order chi connectivity index (χ1) is 10.8. The molecule has 0 atom stereocenters. The van der Waals surface area contributed by atoms with E-state index < -0.39 is 20.7 Å². The van der Waals surface area contributed by atoms with Gasteiger partial charge in [0.15, 0.2) is 11.5 Å². The summed E-state index contributed by atoms with van der Waals surface area (Å²) >= 11 is 11.6. The summed E-state index contributed by atoms with van der Waals surface area (Å²) in [5.74, 6) is -0.823. The number of methoxy groups -OCH3 is 2. The number of hydrogen-bond donors (Lipinski definition) is 1. The summed E-state index contributed by atoms with van der Waals surface area (Å²) in [7, 11) is -1.58. The zero-order valence-electron chi connectivity index (χ0n) is 12.1. The van der Waals surface area contributed by atoms with Crippen LogP contribution in [0.25, 0.3) is 0 Å². The Hall–Kier alpha value is -1.70. The molecule has 23 heavy (non-hydrogen) atoms. The van der Waals surface area contributed by atoms with E-state index in [1.54, 1.807) is 0 Å². The molecule has 0 unspecified atom stereocenters. The number of hydrogen-bond acceptors (Lipinski definition) is 4. The maximum atomic E-state index is 14.1. The summed E-state index contributed by atoms with van der Waals surface area (Å²) in [4.78, 5) is -0.591. The van der Waals surface area contributed by atoms with Gasteiger partial charge in [-0.15, -0.1) is 0 Å². The van der Waals surface area contributed by atoms with E-state index in [1.807, 2.05) is 0 Å². The summed E-state index contributed by atoms with van der Waals surface area (Å²) in [5, 5.41) is 0.478. The lowest BCUT2D eigenvalue weighted by molar-refractivity contribution is 0.350. The Morgan fingerprint density at radius 1 is 0.957 bits per heavy atom. The van der Waals surface area contributed by atoms with Crippen molar-refractivity contribution in [1.82, 2.24) is 0 Å². The zero-order valence-corrected chi connectivity index (χ0v) is 14.4. The molecule has 0 saturated carbocycles. The molecule has 0 aliphatic rings. The van der Waals surface area contributed by atoms with Crippen molar-refractivity contribution in [3.05, 3.63) is 46.2 Å². The average molecular weight is 380 g/mol. The lowest BCUT2D eigenvalue weighted by Gasteiger charge is -2.13. The van der Waals surface area contributed by atoms with E-state index in [0.29, 0.717) is 0 Å². The Morgan fingerprint density at radius 3 is 2.00 bits per heavy atom. The van der Waals surface area contributed by atoms with E-state index in [4.69, 9.17) is 32.7 Å². The van der Waals surface area contributed by atoms with Crippen molar-refractivity contribution in [2.24, 2.45) is 0 Å². The molecule has 0 aliphatic carbocycles. The highest BCUT2D eigenvalue weighted by Gasteiger charge is 2.23. The summed E-state index contributed by atoms with van der Waals surface area (Å²) < 4.78 is 51.0. The molecule has 0 aromatic heterocycles. The molecule has 2 aromatic rings. The molecule has 0 spiro atoms. The fraction of sp³-hybridized carbons (Fsp3) is 0.143. The Kier molecular flexibility index (Phi) is 5.23. The Morgan fingerprint density at radius 2 is 1.48 bits per heavy atom. The van der Waals surface area contributed by atoms with Gasteiger partial charge in [-0.1, -0.05) is 23.2 Å². The van der Waals surface area contributed by atoms with Crippen molar-refractivity contribution >= 4 is 38.9 Å². The van der Waals surface area contributed by atoms with Crippen molar-refractivity contribution < 1.29 is 22.3 Å². The number of halogens is 3. The van der Waals surface area contributed by atoms with Gasteiger partial charge in [-0.25, -0.2) is 12.8 Å². The zero-order chi connectivity index (χ0) is 17.2. The molecule has 0 fully saturated rings. The molecule has 9 heteroatoms. The van der Waals surface area contributed by atoms with Crippen LogP contribution in [0.5, 0.6) is 11.5 Å². The van der Waals surface area contributed by atoms with Crippen LogP contribution in [0.1, 0.15) is 0 Å². The van der Waals surface area contributed by atoms with Crippen molar-refractivity contribution in [2.45, 2.75) is 4.90 Å². The maximum Gasteiger partial charge on any atom is 0.264 e. The number of nitrogens with one attached hydrogen (secondary N) is 1. The van der Waals surface area contributed by atoms with E-state index >= 15 is 0 Å². The third-order valence-electron chi connectivity index (χ3n) is 2.84. The van der Waals surface area contributed by atoms with Crippen molar-refractivity contribution in [2.75, 3.05) is 18.9 Å². The quantitative estimate of drug-likeness (QED) is 0.853. The fourth-order valence-electron chi connectivity index (χ4n) is 1.86. The second kappa shape index (κ2) is 6.82. The van der Waals surface area contributed by atoms with Crippen molar-refractivity contribution in [3.8, 4) is 11.5 Å². The fourth-order valence-corrected chi connectivity index (χ4v) is 3.51. The molecule has 124 valence electrons. The number of anilines is 1. The van der Waals surface area contributed by atoms with Gasteiger partial charge < -0.3 is 9.47 Å². The lowest BCUT2D eigenvalue weighted by Crippen LogP contribution is -2.15. The molecule has 0 bridgehead atoms. The number of rotatable bonds is 5. The van der Waals surface area contributed by atoms with Gasteiger partial charge in [0.05, 0.1) is 19.9 Å². The molecule has 0 amide bonds. The summed E-state index contributed by atoms with van der Waals surface area (Å²) in [6.45, 7) is 0. The molecular weight excluding hydrogens is 368 g/mol. The number of sulfonamides is 1. The molecule has 2 rings (SSSR count). The molecule has 0 heterocycles. The van der Waals surface area contributed by atoms with Crippen LogP contribution in [0.15, 0.2) is 35.2 Å². The van der Waals surface area contributed by atoms with Gasteiger partial charge in [0.25, 0.3) is 10.0 Å². The maximum absolute atomic E-state index is 14.1. The number of benzene rings is 2. The first kappa shape index (κ1) is 17.7. The lowest BCUT2D eigenvalue weighted by atomic mass is 10.3. The van der Waals surface area contributed by atoms with E-state index in [-0.39, 0.29) is 27.2 Å². The van der Waals surface area contributed by atoms with Gasteiger partial charge >= 0.3 is 0 Å². The van der Waals surface area contributed by atoms with Crippen LogP contribution in [-0.2, 0) is 10.0 Å². The Balaban J connectivity index is 2.47. The van der Waals surface area contributed by atoms with Crippen LogP contribution in [0, 0.1) is 5.82 Å². The van der Waals surface area contributed by atoms with Crippen LogP contribution in [0.2, 0.25) is 10.0 Å². The first-order valence-electron chi connectivity index (χ1n) is 6.17. The molecule has 5 nitrogen and oxygen atoms in total. The van der Waals surface area contributed by atoms with E-state index in [2.05, 4.69) is 4.72 Å². The minimum absolute atomic E-state index is 0.0785. The molecule has 0 radical (unpaired) electrons. The second-order valence-corrected chi connectivity index (χ2v) is 6.92. The van der Waals surface area contributed by atoms with Crippen molar-refractivity contribution in [3.63, 3.8) is 0 Å². The van der Waals surface area contributed by atoms with Crippen LogP contribution < -0.4 is 14.2 Å². The predicted octanol–water partition coefficient (Wildman–Crippen LogP) is 3.95. The minimum Gasteiger partial charge on any atom is -0.493 e. The molecule has 0 aliphatic heterocycles. The van der Waals surface area contributed by atoms with Crippen molar-refractivity contribution in [1.29, 1.82) is 0 Å². The highest BCUT2D eigenvalue weighted by atomic mass is 35.5. The Labute approximate surface area is 143 Å². The third-order valence-corrected chi connectivity index (χ3v) is 4.68. The Bertz CT molecular complexity index is 823. The molecule has 2 aromatic carbocycles. The SMILES string of the molecule is COc1cc(F)c(S(=O)(=O)Nc2cc(Cl)cc(Cl)c2)cc1OC. The third kappa shape index (κ3) is 3.99. The van der Waals surface area contributed by atoms with E-state index in [1.165, 1.54) is 32.4 Å². The predicted molar refractivity (Wildman–Crippen MR) is 86.8 cm³/mol. The van der Waals surface area contributed by atoms with Crippen LogP contribution in [0.3, 0.4) is 0 Å². The van der Waals surface area contributed by atoms with E-state index in [0.717, 1.165) is 12.1 Å². The largest absolute Gasteiger partial charge is 0.493 e. The molecule has 0 saturated heterocycles. The topological polar surface area (TPSA) is 64.6 Å². The van der Waals surface area contributed by atoms with Gasteiger partial charge in [0, 0.05) is 22.2 Å². The summed E-state index contributed by atoms with van der Waals surface area (Å²) in [6.07, 6.45) is 0. The standard InChI is InChI=1S/C14H12Cl2FNO4S/c1-21-12-6-11(17)14(7-13(12)22-2)23(19,20)18-10-4-8(15)3-9(16)5-10/h3-7,18H,1-2H3. The van der Waals surface area contributed by atoms with Gasteiger partial charge in [0.2, 0.25) is 0 Å². The van der Waals surface area contributed by atoms with Gasteiger partial charge in [-0.2, -0.15) is 0 Å². The van der Waals surface area contributed by atoms with Crippen LogP contribution in [-0.4, -0.2) is 22.6 Å². The summed E-state index contributed by atoms with van der Waals surface area (Å²) in [6, 6.07) is 6.10. The number of ether oxygens (including phenoxy) is 2.